The molecule has 2 aromatic rings. The van der Waals surface area contributed by atoms with Crippen LogP contribution in [0.25, 0.3) is 10.9 Å². The van der Waals surface area contributed by atoms with Gasteiger partial charge in [-0.2, -0.15) is 0 Å². The molecule has 0 unspecified atom stereocenters. The molecule has 5 aliphatic heterocycles. The highest BCUT2D eigenvalue weighted by molar-refractivity contribution is 5.99. The first kappa shape index (κ1) is 60.5. The normalized spacial score (nSPS) is 22.4. The van der Waals surface area contributed by atoms with Crippen molar-refractivity contribution in [3.05, 3.63) is 36.0 Å². The topological polar surface area (TPSA) is 361 Å². The van der Waals surface area contributed by atoms with Crippen LogP contribution in [0.3, 0.4) is 0 Å². The molecule has 25 nitrogen and oxygen atoms in total. The molecule has 0 spiro atoms. The number of H-pyrrole nitrogens is 1. The maximum absolute atomic E-state index is 14.8. The number of para-hydroxylation sites is 1. The molecular formula is C55H81N13O12. The van der Waals surface area contributed by atoms with Crippen molar-refractivity contribution in [2.24, 2.45) is 17.4 Å². The zero-order chi connectivity index (χ0) is 57.6. The van der Waals surface area contributed by atoms with Crippen molar-refractivity contribution in [3.63, 3.8) is 0 Å². The van der Waals surface area contributed by atoms with Crippen LogP contribution in [0.2, 0.25) is 0 Å². The van der Waals surface area contributed by atoms with E-state index in [1.165, 1.54) is 19.6 Å². The molecule has 25 heteroatoms. The smallest absolute Gasteiger partial charge is 0.326 e. The third-order valence-corrected chi connectivity index (χ3v) is 16.2. The molecule has 0 bridgehead atoms. The molecule has 5 saturated heterocycles. The Labute approximate surface area is 465 Å². The Morgan fingerprint density at radius 1 is 0.637 bits per heavy atom. The number of hydrogen-bond donors (Lipinski definition) is 10. The number of unbranched alkanes of at least 4 members (excludes halogenated alkanes) is 2. The van der Waals surface area contributed by atoms with Gasteiger partial charge in [0.2, 0.25) is 59.1 Å². The van der Waals surface area contributed by atoms with Crippen LogP contribution in [-0.2, 0) is 59.2 Å². The number of nitrogens with two attached hydrogens (primary N) is 2. The molecule has 5 aliphatic rings. The highest BCUT2D eigenvalue weighted by Gasteiger charge is 2.45. The molecule has 0 aliphatic carbocycles. The Balaban J connectivity index is 0.988. The van der Waals surface area contributed by atoms with Crippen LogP contribution in [0, 0.1) is 5.92 Å². The number of amides is 10. The molecule has 7 rings (SSSR count). The molecule has 1 aromatic heterocycles. The molecule has 0 radical (unpaired) electrons. The van der Waals surface area contributed by atoms with Crippen molar-refractivity contribution >= 4 is 75.9 Å². The van der Waals surface area contributed by atoms with E-state index >= 15 is 0 Å². The summed E-state index contributed by atoms with van der Waals surface area (Å²) in [6, 6.07) is -1.66. The zero-order valence-corrected chi connectivity index (χ0v) is 46.0. The lowest BCUT2D eigenvalue weighted by molar-refractivity contribution is -0.152. The van der Waals surface area contributed by atoms with Crippen molar-refractivity contribution in [1.82, 2.24) is 56.5 Å². The largest absolute Gasteiger partial charge is 0.480 e. The van der Waals surface area contributed by atoms with Crippen LogP contribution in [-0.4, -0.2) is 195 Å². The summed E-state index contributed by atoms with van der Waals surface area (Å²) in [5.74, 6) is -6.83. The first-order chi connectivity index (χ1) is 38.4. The third kappa shape index (κ3) is 14.8. The predicted molar refractivity (Wildman–Crippen MR) is 291 cm³/mol. The van der Waals surface area contributed by atoms with Gasteiger partial charge in [0.1, 0.15) is 54.4 Å². The second kappa shape index (κ2) is 28.3. The quantitative estimate of drug-likeness (QED) is 0.0506. The van der Waals surface area contributed by atoms with E-state index in [2.05, 4.69) is 36.9 Å². The summed E-state index contributed by atoms with van der Waals surface area (Å²) in [4.78, 5) is 159. The van der Waals surface area contributed by atoms with E-state index in [0.717, 1.165) is 16.5 Å². The van der Waals surface area contributed by atoms with Gasteiger partial charge in [0.15, 0.2) is 0 Å². The van der Waals surface area contributed by atoms with Gasteiger partial charge in [0.05, 0.1) is 6.54 Å². The van der Waals surface area contributed by atoms with Crippen molar-refractivity contribution in [2.45, 2.75) is 177 Å². The third-order valence-electron chi connectivity index (χ3n) is 16.2. The lowest BCUT2D eigenvalue weighted by atomic mass is 10.00. The summed E-state index contributed by atoms with van der Waals surface area (Å²) < 4.78 is 0. The van der Waals surface area contributed by atoms with Crippen LogP contribution < -0.4 is 43.4 Å². The Kier molecular flexibility index (Phi) is 21.4. The average Bonchev–Trinajstić information content (AvgIpc) is 4.37. The molecule has 10 amide bonds. The van der Waals surface area contributed by atoms with Crippen LogP contribution in [0.5, 0.6) is 0 Å². The van der Waals surface area contributed by atoms with Gasteiger partial charge in [-0.05, 0) is 127 Å². The molecule has 6 heterocycles. The molecule has 0 saturated carbocycles. The van der Waals surface area contributed by atoms with Gasteiger partial charge in [-0.1, -0.05) is 32.0 Å². The van der Waals surface area contributed by atoms with Crippen LogP contribution in [0.15, 0.2) is 30.5 Å². The second-order valence-electron chi connectivity index (χ2n) is 22.1. The SMILES string of the molecule is CC(C)[C@H](NC(=O)[C@H](CCCCN)NC(=O)[C@@H]1CCCN1C(=O)CNC(=O)[C@@H]1CCCN1C(=O)[C@H](Cc1c[nH]c2ccccc12)NC(=O)[C@H](CCCCN)NC(=O)[C@@H]1CCC(=O)N1)C(=O)N1CCC[C@H]1C(=O)N1CCC[C@H]1C(=O)O. The van der Waals surface area contributed by atoms with Gasteiger partial charge in [-0.25, -0.2) is 4.79 Å². The molecule has 438 valence electrons. The number of carboxylic acids is 1. The Morgan fingerprint density at radius 3 is 1.81 bits per heavy atom. The predicted octanol–water partition coefficient (Wildman–Crippen LogP) is -0.993. The van der Waals surface area contributed by atoms with E-state index in [1.807, 2.05) is 24.3 Å². The van der Waals surface area contributed by atoms with E-state index < -0.39 is 126 Å². The number of rotatable bonds is 26. The number of carboxylic acid groups (broad SMARTS) is 1. The van der Waals surface area contributed by atoms with Crippen molar-refractivity contribution in [3.8, 4) is 0 Å². The summed E-state index contributed by atoms with van der Waals surface area (Å²) in [5.41, 5.74) is 13.1. The number of aromatic amines is 1. The van der Waals surface area contributed by atoms with Gasteiger partial charge in [0.25, 0.3) is 0 Å². The summed E-state index contributed by atoms with van der Waals surface area (Å²) in [6.07, 6.45) is 7.81. The fraction of sp³-hybridized carbons (Fsp3) is 0.655. The lowest BCUT2D eigenvalue weighted by Crippen LogP contribution is -2.60. The number of carbonyl (C=O) groups is 11. The van der Waals surface area contributed by atoms with Crippen molar-refractivity contribution in [2.75, 3.05) is 45.8 Å². The molecular weight excluding hydrogens is 1030 g/mol. The first-order valence-corrected chi connectivity index (χ1v) is 28.6. The Bertz CT molecular complexity index is 2610. The summed E-state index contributed by atoms with van der Waals surface area (Å²) >= 11 is 0. The maximum atomic E-state index is 14.8. The minimum atomic E-state index is -1.19. The van der Waals surface area contributed by atoms with Gasteiger partial charge in [-0.15, -0.1) is 0 Å². The summed E-state index contributed by atoms with van der Waals surface area (Å²) in [7, 11) is 0. The van der Waals surface area contributed by atoms with Gasteiger partial charge >= 0.3 is 5.97 Å². The molecule has 5 fully saturated rings. The summed E-state index contributed by atoms with van der Waals surface area (Å²) in [6.45, 7) is 4.56. The molecule has 12 N–H and O–H groups in total. The minimum absolute atomic E-state index is 0.0302. The summed E-state index contributed by atoms with van der Waals surface area (Å²) in [5, 5.41) is 27.2. The van der Waals surface area contributed by atoms with E-state index in [0.29, 0.717) is 77.3 Å². The van der Waals surface area contributed by atoms with Crippen LogP contribution in [0.1, 0.15) is 122 Å². The maximum Gasteiger partial charge on any atom is 0.326 e. The highest BCUT2D eigenvalue weighted by atomic mass is 16.4. The number of carbonyl (C=O) groups excluding carboxylic acids is 10. The number of aliphatic carboxylic acids is 1. The van der Waals surface area contributed by atoms with Crippen LogP contribution in [0.4, 0.5) is 0 Å². The number of hydrogen-bond acceptors (Lipinski definition) is 13. The lowest BCUT2D eigenvalue weighted by Gasteiger charge is -2.34. The average molecular weight is 1120 g/mol. The molecule has 80 heavy (non-hydrogen) atoms. The number of benzene rings is 1. The molecule has 1 aromatic carbocycles. The fourth-order valence-corrected chi connectivity index (χ4v) is 11.8. The number of fused-ring (bicyclic) bond motifs is 1. The van der Waals surface area contributed by atoms with Crippen molar-refractivity contribution in [1.29, 1.82) is 0 Å². The number of likely N-dealkylation sites (tertiary alicyclic amines) is 4. The highest BCUT2D eigenvalue weighted by Crippen LogP contribution is 2.28. The Hall–Kier alpha value is -7.15. The van der Waals surface area contributed by atoms with Gasteiger partial charge < -0.3 is 73.1 Å². The van der Waals surface area contributed by atoms with Gasteiger partial charge in [-0.3, -0.25) is 47.9 Å². The van der Waals surface area contributed by atoms with Crippen LogP contribution >= 0.6 is 0 Å². The second-order valence-corrected chi connectivity index (χ2v) is 22.1. The van der Waals surface area contributed by atoms with Crippen molar-refractivity contribution < 1.29 is 57.8 Å². The van der Waals surface area contributed by atoms with E-state index in [9.17, 15) is 57.8 Å². The number of aromatic nitrogens is 1. The number of nitrogens with zero attached hydrogens (tertiary/aromatic N) is 4. The van der Waals surface area contributed by atoms with E-state index in [1.54, 1.807) is 20.0 Å². The zero-order valence-electron chi connectivity index (χ0n) is 46.0. The monoisotopic (exact) mass is 1120 g/mol. The van der Waals surface area contributed by atoms with E-state index in [-0.39, 0.29) is 77.0 Å². The number of nitrogens with one attached hydrogen (secondary N) is 7. The Morgan fingerprint density at radius 2 is 1.20 bits per heavy atom. The molecule has 9 atom stereocenters. The standard InChI is InChI=1S/C55H81N13O12/c1-32(2)46(54(78)67-27-11-19-42(67)53(77)68-28-12-20-43(68)55(79)80)64-49(73)37(16-6-8-24-57)62-51(75)41-18-9-25-65(41)45(70)31-59-50(74)40-17-10-26-66(40)52(76)39(29-33-30-58-35-14-4-3-13-34(33)35)63-47(71)36(15-5-7-23-56)61-48(72)38-21-22-44(69)60-38/h3-4,13-14,30,32,36-43,46,58H,5-12,15-29,31,56-57H2,1-2H3,(H,59,74)(H,60,69)(H,61,72)(H,62,75)(H,63,71)(H,64,73)(H,79,80)/t36-,37-,38-,39-,40-,41-,42-,43-,46-/m0/s1. The first-order valence-electron chi connectivity index (χ1n) is 28.6. The fourth-order valence-electron chi connectivity index (χ4n) is 11.8. The minimum Gasteiger partial charge on any atom is -0.480 e. The van der Waals surface area contributed by atoms with Gasteiger partial charge in [0, 0.05) is 56.1 Å². The van der Waals surface area contributed by atoms with E-state index in [4.69, 9.17) is 11.5 Å².